The van der Waals surface area contributed by atoms with E-state index in [0.717, 1.165) is 36.9 Å². The summed E-state index contributed by atoms with van der Waals surface area (Å²) in [5.74, 6) is -1.82. The minimum absolute atomic E-state index is 0.0450. The summed E-state index contributed by atoms with van der Waals surface area (Å²) in [6.07, 6.45) is 1.17. The van der Waals surface area contributed by atoms with E-state index in [-0.39, 0.29) is 11.3 Å². The molecule has 0 amide bonds. The minimum atomic E-state index is -0.737. The van der Waals surface area contributed by atoms with Gasteiger partial charge in [-0.15, -0.1) is 0 Å². The molecule has 21 heavy (non-hydrogen) atoms. The van der Waals surface area contributed by atoms with E-state index in [1.54, 1.807) is 12.1 Å². The van der Waals surface area contributed by atoms with Crippen molar-refractivity contribution in [2.45, 2.75) is 13.0 Å². The van der Waals surface area contributed by atoms with Crippen LogP contribution < -0.4 is 0 Å². The molecule has 2 aromatic rings. The fourth-order valence-electron chi connectivity index (χ4n) is 2.50. The summed E-state index contributed by atoms with van der Waals surface area (Å²) < 4.78 is 26.6. The maximum Gasteiger partial charge on any atom is 0.193 e. The second-order valence-corrected chi connectivity index (χ2v) is 5.27. The Balaban J connectivity index is 1.93. The molecular formula is C17H15F2NO. The number of hydrogen-bond acceptors (Lipinski definition) is 2. The van der Waals surface area contributed by atoms with Gasteiger partial charge in [-0.2, -0.15) is 0 Å². The van der Waals surface area contributed by atoms with Crippen molar-refractivity contribution in [1.29, 1.82) is 0 Å². The van der Waals surface area contributed by atoms with Gasteiger partial charge in [0.1, 0.15) is 11.6 Å². The van der Waals surface area contributed by atoms with Crippen LogP contribution in [0.25, 0.3) is 0 Å². The largest absolute Gasteiger partial charge is 0.299 e. The fourth-order valence-corrected chi connectivity index (χ4v) is 2.50. The number of ketones is 1. The van der Waals surface area contributed by atoms with E-state index in [2.05, 4.69) is 4.90 Å². The zero-order chi connectivity index (χ0) is 14.8. The maximum absolute atomic E-state index is 13.3. The molecule has 1 saturated heterocycles. The van der Waals surface area contributed by atoms with Gasteiger partial charge < -0.3 is 0 Å². The maximum atomic E-state index is 13.3. The Bertz CT molecular complexity index is 660. The van der Waals surface area contributed by atoms with Crippen LogP contribution in [-0.2, 0) is 6.54 Å². The molecule has 0 atom stereocenters. The van der Waals surface area contributed by atoms with E-state index in [9.17, 15) is 13.6 Å². The highest BCUT2D eigenvalue weighted by Crippen LogP contribution is 2.20. The van der Waals surface area contributed by atoms with Crippen LogP contribution >= 0.6 is 0 Å². The highest BCUT2D eigenvalue weighted by atomic mass is 19.1. The van der Waals surface area contributed by atoms with Gasteiger partial charge in [0.15, 0.2) is 5.78 Å². The number of halogens is 2. The van der Waals surface area contributed by atoms with Crippen LogP contribution in [0.1, 0.15) is 27.9 Å². The van der Waals surface area contributed by atoms with Crippen LogP contribution in [0.4, 0.5) is 8.78 Å². The summed E-state index contributed by atoms with van der Waals surface area (Å²) in [5, 5.41) is 0. The van der Waals surface area contributed by atoms with Crippen molar-refractivity contribution in [2.24, 2.45) is 0 Å². The Morgan fingerprint density at radius 3 is 2.33 bits per heavy atom. The Kier molecular flexibility index (Phi) is 3.80. The lowest BCUT2D eigenvalue weighted by atomic mass is 9.97. The minimum Gasteiger partial charge on any atom is -0.299 e. The highest BCUT2D eigenvalue weighted by Gasteiger charge is 2.19. The molecule has 0 bridgehead atoms. The number of likely N-dealkylation sites (tertiary alicyclic amines) is 1. The van der Waals surface area contributed by atoms with Crippen LogP contribution in [0.15, 0.2) is 42.5 Å². The van der Waals surface area contributed by atoms with Gasteiger partial charge in [0.2, 0.25) is 0 Å². The molecule has 1 fully saturated rings. The topological polar surface area (TPSA) is 20.3 Å². The quantitative estimate of drug-likeness (QED) is 0.803. The lowest BCUT2D eigenvalue weighted by molar-refractivity contribution is 0.103. The Morgan fingerprint density at radius 1 is 1.05 bits per heavy atom. The summed E-state index contributed by atoms with van der Waals surface area (Å²) in [7, 11) is 0. The number of nitrogens with zero attached hydrogens (tertiary/aromatic N) is 1. The molecule has 4 heteroatoms. The molecule has 0 N–H and O–H groups in total. The molecule has 2 aromatic carbocycles. The lowest BCUT2D eigenvalue weighted by Crippen LogP contribution is -2.36. The smallest absolute Gasteiger partial charge is 0.193 e. The molecule has 0 spiro atoms. The zero-order valence-corrected chi connectivity index (χ0v) is 11.5. The van der Waals surface area contributed by atoms with E-state index < -0.39 is 11.6 Å². The van der Waals surface area contributed by atoms with Crippen LogP contribution in [-0.4, -0.2) is 23.8 Å². The van der Waals surface area contributed by atoms with Gasteiger partial charge in [0.05, 0.1) is 0 Å². The average Bonchev–Trinajstić information content (AvgIpc) is 2.41. The predicted octanol–water partition coefficient (Wildman–Crippen LogP) is 3.40. The second kappa shape index (κ2) is 5.74. The van der Waals surface area contributed by atoms with Crippen LogP contribution in [0.3, 0.4) is 0 Å². The average molecular weight is 287 g/mol. The van der Waals surface area contributed by atoms with Crippen LogP contribution in [0.5, 0.6) is 0 Å². The number of rotatable bonds is 4. The number of benzene rings is 2. The van der Waals surface area contributed by atoms with Crippen LogP contribution in [0.2, 0.25) is 0 Å². The van der Waals surface area contributed by atoms with Crippen molar-refractivity contribution in [3.8, 4) is 0 Å². The molecule has 1 aliphatic rings. The molecule has 3 rings (SSSR count). The van der Waals surface area contributed by atoms with Crippen molar-refractivity contribution in [2.75, 3.05) is 13.1 Å². The van der Waals surface area contributed by atoms with E-state index >= 15 is 0 Å². The highest BCUT2D eigenvalue weighted by molar-refractivity contribution is 6.09. The third kappa shape index (κ3) is 3.00. The van der Waals surface area contributed by atoms with Crippen LogP contribution in [0, 0.1) is 11.6 Å². The molecule has 1 heterocycles. The lowest BCUT2D eigenvalue weighted by Gasteiger charge is -2.31. The molecule has 108 valence electrons. The SMILES string of the molecule is O=C(c1cc(F)cc(F)c1)c1ccccc1CN1CCC1. The van der Waals surface area contributed by atoms with E-state index in [1.807, 2.05) is 12.1 Å². The summed E-state index contributed by atoms with van der Waals surface area (Å²) in [6, 6.07) is 10.2. The third-order valence-electron chi connectivity index (χ3n) is 3.73. The normalized spacial score (nSPS) is 14.8. The second-order valence-electron chi connectivity index (χ2n) is 5.27. The zero-order valence-electron chi connectivity index (χ0n) is 11.5. The number of carbonyl (C=O) groups excluding carboxylic acids is 1. The molecule has 0 radical (unpaired) electrons. The summed E-state index contributed by atoms with van der Waals surface area (Å²) in [4.78, 5) is 14.7. The van der Waals surface area contributed by atoms with Crippen molar-refractivity contribution < 1.29 is 13.6 Å². The van der Waals surface area contributed by atoms with Gasteiger partial charge in [0, 0.05) is 23.7 Å². The van der Waals surface area contributed by atoms with E-state index in [0.29, 0.717) is 12.1 Å². The third-order valence-corrected chi connectivity index (χ3v) is 3.73. The van der Waals surface area contributed by atoms with Gasteiger partial charge in [-0.3, -0.25) is 9.69 Å². The molecule has 0 aliphatic carbocycles. The summed E-state index contributed by atoms with van der Waals surface area (Å²) in [5.41, 5.74) is 1.45. The summed E-state index contributed by atoms with van der Waals surface area (Å²) in [6.45, 7) is 2.74. The first-order chi connectivity index (χ1) is 10.1. The van der Waals surface area contributed by atoms with Gasteiger partial charge >= 0.3 is 0 Å². The van der Waals surface area contributed by atoms with E-state index in [4.69, 9.17) is 0 Å². The fraction of sp³-hybridized carbons (Fsp3) is 0.235. The van der Waals surface area contributed by atoms with Crippen molar-refractivity contribution >= 4 is 5.78 Å². The first-order valence-electron chi connectivity index (χ1n) is 6.94. The summed E-state index contributed by atoms with van der Waals surface area (Å²) >= 11 is 0. The van der Waals surface area contributed by atoms with Crippen molar-refractivity contribution in [1.82, 2.24) is 4.90 Å². The van der Waals surface area contributed by atoms with E-state index in [1.165, 1.54) is 6.42 Å². The van der Waals surface area contributed by atoms with Gasteiger partial charge in [-0.05, 0) is 37.2 Å². The standard InChI is InChI=1S/C17H15F2NO/c18-14-8-13(9-15(19)10-14)17(21)16-5-2-1-4-12(16)11-20-6-3-7-20/h1-2,4-5,8-10H,3,6-7,11H2. The van der Waals surface area contributed by atoms with Crippen molar-refractivity contribution in [3.05, 3.63) is 70.8 Å². The molecule has 0 saturated carbocycles. The number of carbonyl (C=O) groups is 1. The molecule has 2 nitrogen and oxygen atoms in total. The molecule has 0 unspecified atom stereocenters. The van der Waals surface area contributed by atoms with Crippen molar-refractivity contribution in [3.63, 3.8) is 0 Å². The Labute approximate surface area is 122 Å². The predicted molar refractivity (Wildman–Crippen MR) is 76.1 cm³/mol. The molecular weight excluding hydrogens is 272 g/mol. The number of hydrogen-bond donors (Lipinski definition) is 0. The van der Waals surface area contributed by atoms with Gasteiger partial charge in [0.25, 0.3) is 0 Å². The van der Waals surface area contributed by atoms with Gasteiger partial charge in [-0.25, -0.2) is 8.78 Å². The first-order valence-corrected chi connectivity index (χ1v) is 6.94. The Morgan fingerprint density at radius 2 is 1.71 bits per heavy atom. The first kappa shape index (κ1) is 13.9. The molecule has 1 aliphatic heterocycles. The Hall–Kier alpha value is -2.07. The van der Waals surface area contributed by atoms with Gasteiger partial charge in [-0.1, -0.05) is 24.3 Å². The molecule has 0 aromatic heterocycles. The monoisotopic (exact) mass is 287 g/mol.